The van der Waals surface area contributed by atoms with E-state index in [-0.39, 0.29) is 0 Å². The van der Waals surface area contributed by atoms with Crippen molar-refractivity contribution in [3.05, 3.63) is 0 Å². The molecule has 1 saturated heterocycles. The molecule has 1 aliphatic heterocycles. The molecule has 1 fully saturated rings. The lowest BCUT2D eigenvalue weighted by molar-refractivity contribution is 0.232. The zero-order valence-electron chi connectivity index (χ0n) is 6.39. The van der Waals surface area contributed by atoms with Crippen LogP contribution in [0.3, 0.4) is 0 Å². The number of ether oxygens (including phenoxy) is 1. The van der Waals surface area contributed by atoms with Gasteiger partial charge in [0.1, 0.15) is 12.4 Å². The van der Waals surface area contributed by atoms with Crippen molar-refractivity contribution in [2.24, 2.45) is 0 Å². The van der Waals surface area contributed by atoms with Crippen molar-refractivity contribution in [3.63, 3.8) is 0 Å². The molecule has 0 atom stereocenters. The zero-order valence-corrected chi connectivity index (χ0v) is 6.39. The van der Waals surface area contributed by atoms with Crippen LogP contribution in [0.4, 0.5) is 0 Å². The molecule has 1 rings (SSSR count). The Kier molecular flexibility index (Phi) is 2.68. The molecule has 0 spiro atoms. The number of likely N-dealkylation sites (tertiary alicyclic amines) is 1. The monoisotopic (exact) mass is 142 g/mol. The third-order valence-corrected chi connectivity index (χ3v) is 1.77. The first-order chi connectivity index (χ1) is 4.84. The lowest BCUT2D eigenvalue weighted by Crippen LogP contribution is -2.30. The zero-order chi connectivity index (χ0) is 7.40. The third kappa shape index (κ3) is 1.70. The van der Waals surface area contributed by atoms with Crippen molar-refractivity contribution in [1.82, 2.24) is 4.90 Å². The molecule has 3 nitrogen and oxygen atoms in total. The Morgan fingerprint density at radius 2 is 2.10 bits per heavy atom. The highest BCUT2D eigenvalue weighted by Gasteiger charge is 2.13. The molecule has 0 aromatic carbocycles. The van der Waals surface area contributed by atoms with Crippen LogP contribution >= 0.6 is 0 Å². The number of nitrogens with one attached hydrogen (secondary N) is 1. The summed E-state index contributed by atoms with van der Waals surface area (Å²) >= 11 is 0. The van der Waals surface area contributed by atoms with E-state index in [1.807, 2.05) is 0 Å². The van der Waals surface area contributed by atoms with Crippen molar-refractivity contribution in [3.8, 4) is 0 Å². The van der Waals surface area contributed by atoms with E-state index >= 15 is 0 Å². The van der Waals surface area contributed by atoms with Gasteiger partial charge in [-0.2, -0.15) is 0 Å². The van der Waals surface area contributed by atoms with Crippen LogP contribution in [0.25, 0.3) is 0 Å². The molecule has 1 heterocycles. The minimum atomic E-state index is 0.458. The number of rotatable bonds is 2. The Bertz CT molecular complexity index is 119. The average molecular weight is 142 g/mol. The first-order valence-corrected chi connectivity index (χ1v) is 3.66. The van der Waals surface area contributed by atoms with Crippen molar-refractivity contribution in [2.45, 2.75) is 12.8 Å². The van der Waals surface area contributed by atoms with Gasteiger partial charge in [-0.1, -0.05) is 0 Å². The summed E-state index contributed by atoms with van der Waals surface area (Å²) in [4.78, 5) is 2.07. The number of amidine groups is 1. The molecule has 3 heteroatoms. The second-order valence-corrected chi connectivity index (χ2v) is 2.57. The SMILES string of the molecule is COCC(=N)N1CCCC1. The Hall–Kier alpha value is -0.570. The molecule has 0 amide bonds. The predicted octanol–water partition coefficient (Wildman–Crippen LogP) is 0.706. The number of methoxy groups -OCH3 is 1. The lowest BCUT2D eigenvalue weighted by Gasteiger charge is -2.16. The molecule has 0 bridgehead atoms. The Morgan fingerprint density at radius 1 is 1.50 bits per heavy atom. The highest BCUT2D eigenvalue weighted by atomic mass is 16.5. The predicted molar refractivity (Wildman–Crippen MR) is 40.4 cm³/mol. The first kappa shape index (κ1) is 7.54. The standard InChI is InChI=1S/C7H14N2O/c1-10-6-7(8)9-4-2-3-5-9/h8H,2-6H2,1H3. The van der Waals surface area contributed by atoms with Gasteiger partial charge in [-0.25, -0.2) is 0 Å². The normalized spacial score (nSPS) is 17.9. The molecule has 0 unspecified atom stereocenters. The number of hydrogen-bond acceptors (Lipinski definition) is 2. The van der Waals surface area contributed by atoms with Gasteiger partial charge in [0.2, 0.25) is 0 Å². The van der Waals surface area contributed by atoms with Gasteiger partial charge in [0.05, 0.1) is 0 Å². The second kappa shape index (κ2) is 3.56. The lowest BCUT2D eigenvalue weighted by atomic mass is 10.4. The molecular formula is C7H14N2O. The highest BCUT2D eigenvalue weighted by molar-refractivity contribution is 5.80. The van der Waals surface area contributed by atoms with Gasteiger partial charge < -0.3 is 9.64 Å². The third-order valence-electron chi connectivity index (χ3n) is 1.77. The molecule has 0 aromatic rings. The van der Waals surface area contributed by atoms with E-state index in [9.17, 15) is 0 Å². The van der Waals surface area contributed by atoms with Gasteiger partial charge >= 0.3 is 0 Å². The summed E-state index contributed by atoms with van der Waals surface area (Å²) in [6.45, 7) is 2.55. The largest absolute Gasteiger partial charge is 0.377 e. The minimum Gasteiger partial charge on any atom is -0.377 e. The van der Waals surface area contributed by atoms with Gasteiger partial charge in [0.15, 0.2) is 0 Å². The summed E-state index contributed by atoms with van der Waals surface area (Å²) in [7, 11) is 1.63. The summed E-state index contributed by atoms with van der Waals surface area (Å²) in [6, 6.07) is 0. The molecule has 58 valence electrons. The fourth-order valence-corrected chi connectivity index (χ4v) is 1.22. The fraction of sp³-hybridized carbons (Fsp3) is 0.857. The van der Waals surface area contributed by atoms with Crippen molar-refractivity contribution < 1.29 is 4.74 Å². The molecular weight excluding hydrogens is 128 g/mol. The summed E-state index contributed by atoms with van der Waals surface area (Å²) in [5, 5.41) is 7.49. The van der Waals surface area contributed by atoms with E-state index in [1.54, 1.807) is 7.11 Å². The fourth-order valence-electron chi connectivity index (χ4n) is 1.22. The quantitative estimate of drug-likeness (QED) is 0.455. The Balaban J connectivity index is 2.25. The molecule has 10 heavy (non-hydrogen) atoms. The van der Waals surface area contributed by atoms with E-state index in [0.29, 0.717) is 12.4 Å². The molecule has 0 radical (unpaired) electrons. The van der Waals surface area contributed by atoms with Crippen LogP contribution in [0.2, 0.25) is 0 Å². The molecule has 0 saturated carbocycles. The molecule has 1 aliphatic rings. The number of nitrogens with zero attached hydrogens (tertiary/aromatic N) is 1. The van der Waals surface area contributed by atoms with E-state index in [1.165, 1.54) is 12.8 Å². The van der Waals surface area contributed by atoms with E-state index < -0.39 is 0 Å². The summed E-state index contributed by atoms with van der Waals surface area (Å²) in [5.74, 6) is 0.625. The summed E-state index contributed by atoms with van der Waals surface area (Å²) in [6.07, 6.45) is 2.46. The average Bonchev–Trinajstić information content (AvgIpc) is 2.38. The maximum Gasteiger partial charge on any atom is 0.122 e. The van der Waals surface area contributed by atoms with Crippen molar-refractivity contribution in [2.75, 3.05) is 26.8 Å². The van der Waals surface area contributed by atoms with Crippen LogP contribution in [0, 0.1) is 5.41 Å². The minimum absolute atomic E-state index is 0.458. The van der Waals surface area contributed by atoms with Gasteiger partial charge in [-0.15, -0.1) is 0 Å². The van der Waals surface area contributed by atoms with Gasteiger partial charge in [-0.3, -0.25) is 5.41 Å². The topological polar surface area (TPSA) is 36.3 Å². The van der Waals surface area contributed by atoms with Gasteiger partial charge in [0, 0.05) is 20.2 Å². The number of hydrogen-bond donors (Lipinski definition) is 1. The van der Waals surface area contributed by atoms with Crippen molar-refractivity contribution in [1.29, 1.82) is 5.41 Å². The van der Waals surface area contributed by atoms with Crippen LogP contribution in [-0.4, -0.2) is 37.5 Å². The summed E-state index contributed by atoms with van der Waals surface area (Å²) in [5.41, 5.74) is 0. The Morgan fingerprint density at radius 3 is 2.60 bits per heavy atom. The van der Waals surface area contributed by atoms with E-state index in [2.05, 4.69) is 4.90 Å². The first-order valence-electron chi connectivity index (χ1n) is 3.66. The molecule has 0 aliphatic carbocycles. The van der Waals surface area contributed by atoms with Crippen molar-refractivity contribution >= 4 is 5.84 Å². The van der Waals surface area contributed by atoms with Gasteiger partial charge in [0.25, 0.3) is 0 Å². The van der Waals surface area contributed by atoms with E-state index in [4.69, 9.17) is 10.1 Å². The van der Waals surface area contributed by atoms with Gasteiger partial charge in [-0.05, 0) is 12.8 Å². The van der Waals surface area contributed by atoms with E-state index in [0.717, 1.165) is 13.1 Å². The molecule has 1 N–H and O–H groups in total. The Labute approximate surface area is 61.5 Å². The van der Waals surface area contributed by atoms with Crippen LogP contribution in [0.5, 0.6) is 0 Å². The molecule has 0 aromatic heterocycles. The van der Waals surface area contributed by atoms with Crippen LogP contribution in [0.1, 0.15) is 12.8 Å². The highest BCUT2D eigenvalue weighted by Crippen LogP contribution is 2.06. The van der Waals surface area contributed by atoms with Crippen LogP contribution in [-0.2, 0) is 4.74 Å². The summed E-state index contributed by atoms with van der Waals surface area (Å²) < 4.78 is 4.85. The smallest absolute Gasteiger partial charge is 0.122 e. The second-order valence-electron chi connectivity index (χ2n) is 2.57. The maximum absolute atomic E-state index is 7.49. The van der Waals surface area contributed by atoms with Crippen LogP contribution < -0.4 is 0 Å². The maximum atomic E-state index is 7.49. The van der Waals surface area contributed by atoms with Crippen LogP contribution in [0.15, 0.2) is 0 Å².